The third-order valence-corrected chi connectivity index (χ3v) is 2.40. The van der Waals surface area contributed by atoms with Gasteiger partial charge in [0.25, 0.3) is 0 Å². The Balaban J connectivity index is 2.52. The van der Waals surface area contributed by atoms with E-state index in [4.69, 9.17) is 11.3 Å². The second-order valence-corrected chi connectivity index (χ2v) is 3.33. The molecule has 1 aliphatic heterocycles. The van der Waals surface area contributed by atoms with Crippen LogP contribution < -0.4 is 0 Å². The lowest BCUT2D eigenvalue weighted by atomic mass is 9.75. The molecule has 0 bridgehead atoms. The van der Waals surface area contributed by atoms with E-state index in [1.165, 1.54) is 0 Å². The number of rotatable bonds is 2. The topological polar surface area (TPSA) is 13.6 Å². The van der Waals surface area contributed by atoms with Gasteiger partial charge < -0.3 is 9.58 Å². The monoisotopic (exact) mass is 139 g/mol. The van der Waals surface area contributed by atoms with Gasteiger partial charge in [-0.05, 0) is 5.92 Å². The zero-order valence-electron chi connectivity index (χ0n) is 6.55. The standard InChI is InChI=1S/C8H13NO/c1-7(2)8(4-9-3)5-10-6-8/h7H,4-6H2,1-2H3. The Bertz CT molecular complexity index is 153. The molecule has 0 amide bonds. The van der Waals surface area contributed by atoms with Gasteiger partial charge in [-0.3, -0.25) is 0 Å². The first-order chi connectivity index (χ1) is 4.71. The average Bonchev–Trinajstić information content (AvgIpc) is 1.77. The van der Waals surface area contributed by atoms with Crippen LogP contribution in [0.1, 0.15) is 13.8 Å². The molecule has 0 aromatic carbocycles. The minimum atomic E-state index is 0.196. The van der Waals surface area contributed by atoms with Crippen molar-refractivity contribution < 1.29 is 4.74 Å². The van der Waals surface area contributed by atoms with Crippen LogP contribution in [-0.2, 0) is 4.74 Å². The minimum Gasteiger partial charge on any atom is -0.379 e. The van der Waals surface area contributed by atoms with Gasteiger partial charge in [-0.1, -0.05) is 13.8 Å². The quantitative estimate of drug-likeness (QED) is 0.529. The molecule has 1 fully saturated rings. The zero-order valence-corrected chi connectivity index (χ0v) is 6.55. The maximum atomic E-state index is 6.76. The average molecular weight is 139 g/mol. The highest BCUT2D eigenvalue weighted by Crippen LogP contribution is 2.35. The minimum absolute atomic E-state index is 0.196. The van der Waals surface area contributed by atoms with E-state index >= 15 is 0 Å². The van der Waals surface area contributed by atoms with Gasteiger partial charge in [-0.2, -0.15) is 0 Å². The molecule has 0 saturated carbocycles. The number of nitrogens with zero attached hydrogens (tertiary/aromatic N) is 1. The van der Waals surface area contributed by atoms with E-state index in [0.717, 1.165) is 13.2 Å². The molecule has 0 spiro atoms. The van der Waals surface area contributed by atoms with E-state index in [0.29, 0.717) is 12.5 Å². The predicted octanol–water partition coefficient (Wildman–Crippen LogP) is 1.58. The van der Waals surface area contributed by atoms with Gasteiger partial charge in [0.2, 0.25) is 6.54 Å². The molecule has 10 heavy (non-hydrogen) atoms. The molecule has 0 unspecified atom stereocenters. The summed E-state index contributed by atoms with van der Waals surface area (Å²) < 4.78 is 5.11. The van der Waals surface area contributed by atoms with E-state index in [9.17, 15) is 0 Å². The van der Waals surface area contributed by atoms with E-state index in [1.807, 2.05) is 0 Å². The fraction of sp³-hybridized carbons (Fsp3) is 0.875. The Morgan fingerprint density at radius 3 is 2.30 bits per heavy atom. The molecule has 2 heteroatoms. The van der Waals surface area contributed by atoms with Crippen LogP contribution >= 0.6 is 0 Å². The van der Waals surface area contributed by atoms with Crippen molar-refractivity contribution in [1.82, 2.24) is 0 Å². The largest absolute Gasteiger partial charge is 0.379 e. The Hall–Kier alpha value is -0.550. The van der Waals surface area contributed by atoms with Gasteiger partial charge in [-0.25, -0.2) is 6.57 Å². The van der Waals surface area contributed by atoms with Gasteiger partial charge in [0.05, 0.1) is 18.6 Å². The van der Waals surface area contributed by atoms with Crippen molar-refractivity contribution in [1.29, 1.82) is 0 Å². The SMILES string of the molecule is [C-]#[N+]CC1(C(C)C)COC1. The van der Waals surface area contributed by atoms with Crippen molar-refractivity contribution >= 4 is 0 Å². The molecule has 56 valence electrons. The van der Waals surface area contributed by atoms with E-state index < -0.39 is 0 Å². The molecule has 2 nitrogen and oxygen atoms in total. The third kappa shape index (κ3) is 1.02. The van der Waals surface area contributed by atoms with Gasteiger partial charge in [0, 0.05) is 0 Å². The summed E-state index contributed by atoms with van der Waals surface area (Å²) in [5.41, 5.74) is 0.196. The summed E-state index contributed by atoms with van der Waals surface area (Å²) >= 11 is 0. The molecule has 0 atom stereocenters. The molecule has 0 aromatic rings. The maximum Gasteiger partial charge on any atom is 0.224 e. The Kier molecular flexibility index (Phi) is 1.96. The van der Waals surface area contributed by atoms with Gasteiger partial charge in [-0.15, -0.1) is 0 Å². The summed E-state index contributed by atoms with van der Waals surface area (Å²) in [5, 5.41) is 0. The van der Waals surface area contributed by atoms with Crippen LogP contribution in [0, 0.1) is 17.9 Å². The van der Waals surface area contributed by atoms with Gasteiger partial charge >= 0.3 is 0 Å². The van der Waals surface area contributed by atoms with Crippen molar-refractivity contribution in [2.24, 2.45) is 11.3 Å². The summed E-state index contributed by atoms with van der Waals surface area (Å²) in [6.07, 6.45) is 0. The molecule has 1 saturated heterocycles. The van der Waals surface area contributed by atoms with Gasteiger partial charge in [0.15, 0.2) is 0 Å². The fourth-order valence-corrected chi connectivity index (χ4v) is 1.13. The van der Waals surface area contributed by atoms with Crippen molar-refractivity contribution in [2.75, 3.05) is 19.8 Å². The van der Waals surface area contributed by atoms with Crippen molar-refractivity contribution in [2.45, 2.75) is 13.8 Å². The predicted molar refractivity (Wildman–Crippen MR) is 39.6 cm³/mol. The first-order valence-corrected chi connectivity index (χ1v) is 3.62. The van der Waals surface area contributed by atoms with Crippen molar-refractivity contribution in [3.63, 3.8) is 0 Å². The van der Waals surface area contributed by atoms with Crippen LogP contribution in [0.2, 0.25) is 0 Å². The summed E-state index contributed by atoms with van der Waals surface area (Å²) in [6, 6.07) is 0. The summed E-state index contributed by atoms with van der Waals surface area (Å²) in [7, 11) is 0. The number of ether oxygens (including phenoxy) is 1. The summed E-state index contributed by atoms with van der Waals surface area (Å²) in [5.74, 6) is 0.579. The molecular weight excluding hydrogens is 126 g/mol. The Morgan fingerprint density at radius 1 is 1.60 bits per heavy atom. The lowest BCUT2D eigenvalue weighted by Gasteiger charge is -2.40. The van der Waals surface area contributed by atoms with Crippen LogP contribution in [0.5, 0.6) is 0 Å². The van der Waals surface area contributed by atoms with Crippen molar-refractivity contribution in [3.05, 3.63) is 11.4 Å². The highest BCUT2D eigenvalue weighted by Gasteiger charge is 2.44. The van der Waals surface area contributed by atoms with E-state index in [1.54, 1.807) is 0 Å². The Labute approximate surface area is 62.0 Å². The lowest BCUT2D eigenvalue weighted by molar-refractivity contribution is -0.128. The van der Waals surface area contributed by atoms with Crippen LogP contribution in [0.15, 0.2) is 0 Å². The van der Waals surface area contributed by atoms with Crippen LogP contribution in [0.3, 0.4) is 0 Å². The third-order valence-electron chi connectivity index (χ3n) is 2.40. The molecule has 1 heterocycles. The zero-order chi connectivity index (χ0) is 7.61. The molecule has 0 aliphatic carbocycles. The van der Waals surface area contributed by atoms with Gasteiger partial charge in [0.1, 0.15) is 0 Å². The van der Waals surface area contributed by atoms with Crippen LogP contribution in [0.25, 0.3) is 4.85 Å². The lowest BCUT2D eigenvalue weighted by Crippen LogP contribution is -2.48. The molecule has 0 aromatic heterocycles. The van der Waals surface area contributed by atoms with E-state index in [2.05, 4.69) is 18.7 Å². The summed E-state index contributed by atoms with van der Waals surface area (Å²) in [4.78, 5) is 3.42. The summed E-state index contributed by atoms with van der Waals surface area (Å²) in [6.45, 7) is 13.3. The molecule has 1 rings (SSSR count). The smallest absolute Gasteiger partial charge is 0.224 e. The molecule has 0 N–H and O–H groups in total. The van der Waals surface area contributed by atoms with Crippen molar-refractivity contribution in [3.8, 4) is 0 Å². The maximum absolute atomic E-state index is 6.76. The van der Waals surface area contributed by atoms with E-state index in [-0.39, 0.29) is 5.41 Å². The molecular formula is C8H13NO. The highest BCUT2D eigenvalue weighted by molar-refractivity contribution is 4.93. The fourth-order valence-electron chi connectivity index (χ4n) is 1.13. The first kappa shape index (κ1) is 7.56. The van der Waals surface area contributed by atoms with Crippen LogP contribution in [0.4, 0.5) is 0 Å². The number of hydrogen-bond acceptors (Lipinski definition) is 1. The normalized spacial score (nSPS) is 21.8. The second-order valence-electron chi connectivity index (χ2n) is 3.33. The highest BCUT2D eigenvalue weighted by atomic mass is 16.5. The molecule has 0 radical (unpaired) electrons. The second kappa shape index (κ2) is 2.59. The molecule has 1 aliphatic rings. The van der Waals surface area contributed by atoms with Crippen LogP contribution in [-0.4, -0.2) is 19.8 Å². The Morgan fingerprint density at radius 2 is 2.20 bits per heavy atom. The number of hydrogen-bond donors (Lipinski definition) is 0. The first-order valence-electron chi connectivity index (χ1n) is 3.62.